The fraction of sp³-hybridized carbons (Fsp3) is 0.625. The first-order valence-electron chi connectivity index (χ1n) is 3.28. The molecule has 0 aliphatic rings. The van der Waals surface area contributed by atoms with Crippen LogP contribution in [0.4, 0.5) is 0 Å². The molecule has 0 heterocycles. The molecule has 0 aliphatic carbocycles. The molecule has 0 spiro atoms. The van der Waals surface area contributed by atoms with E-state index in [1.165, 1.54) is 0 Å². The lowest BCUT2D eigenvalue weighted by molar-refractivity contribution is 0.0986. The molecule has 0 fully saturated rings. The highest BCUT2D eigenvalue weighted by atomic mass is 16.5. The van der Waals surface area contributed by atoms with Crippen LogP contribution in [-0.4, -0.2) is 13.2 Å². The van der Waals surface area contributed by atoms with Crippen LogP contribution in [-0.2, 0) is 4.74 Å². The van der Waals surface area contributed by atoms with Gasteiger partial charge in [0.05, 0.1) is 6.10 Å². The van der Waals surface area contributed by atoms with Gasteiger partial charge in [-0.3, -0.25) is 0 Å². The molecule has 0 N–H and O–H groups in total. The smallest absolute Gasteiger partial charge is 0.0605 e. The summed E-state index contributed by atoms with van der Waals surface area (Å²) in [5.41, 5.74) is 0. The minimum atomic E-state index is 0.333. The van der Waals surface area contributed by atoms with Crippen molar-refractivity contribution in [2.45, 2.75) is 25.4 Å². The molecule has 0 aromatic heterocycles. The van der Waals surface area contributed by atoms with E-state index >= 15 is 0 Å². The topological polar surface area (TPSA) is 9.23 Å². The Balaban J connectivity index is 3.28. The molecule has 0 aromatic rings. The van der Waals surface area contributed by atoms with Crippen LogP contribution in [0.15, 0.2) is 12.7 Å². The largest absolute Gasteiger partial charge is 0.381 e. The van der Waals surface area contributed by atoms with Gasteiger partial charge in [0, 0.05) is 7.11 Å². The van der Waals surface area contributed by atoms with Crippen LogP contribution in [0.5, 0.6) is 0 Å². The second-order valence-electron chi connectivity index (χ2n) is 2.02. The van der Waals surface area contributed by atoms with E-state index in [0.29, 0.717) is 6.10 Å². The Morgan fingerprint density at radius 1 is 1.67 bits per heavy atom. The minimum Gasteiger partial charge on any atom is -0.381 e. The van der Waals surface area contributed by atoms with Gasteiger partial charge in [-0.05, 0) is 12.8 Å². The van der Waals surface area contributed by atoms with Crippen molar-refractivity contribution in [3.8, 4) is 0 Å². The van der Waals surface area contributed by atoms with Crippen molar-refractivity contribution in [3.05, 3.63) is 19.6 Å². The fourth-order valence-electron chi connectivity index (χ4n) is 0.745. The summed E-state index contributed by atoms with van der Waals surface area (Å²) in [6.07, 6.45) is 5.12. The van der Waals surface area contributed by atoms with Gasteiger partial charge in [-0.25, -0.2) is 0 Å². The maximum Gasteiger partial charge on any atom is 0.0605 e. The number of hydrogen-bond acceptors (Lipinski definition) is 1. The quantitative estimate of drug-likeness (QED) is 0.514. The Kier molecular flexibility index (Phi) is 5.64. The molecule has 0 bridgehead atoms. The molecule has 1 unspecified atom stereocenters. The van der Waals surface area contributed by atoms with E-state index in [2.05, 4.69) is 13.5 Å². The van der Waals surface area contributed by atoms with Gasteiger partial charge in [0.2, 0.25) is 0 Å². The lowest BCUT2D eigenvalue weighted by Gasteiger charge is -2.10. The molecule has 1 radical (unpaired) electrons. The second-order valence-corrected chi connectivity index (χ2v) is 2.02. The third-order valence-electron chi connectivity index (χ3n) is 1.29. The van der Waals surface area contributed by atoms with Crippen molar-refractivity contribution in [3.63, 3.8) is 0 Å². The van der Waals surface area contributed by atoms with Crippen molar-refractivity contribution in [2.75, 3.05) is 7.11 Å². The molecule has 0 aliphatic heterocycles. The monoisotopic (exact) mass is 127 g/mol. The average molecular weight is 127 g/mol. The Morgan fingerprint density at radius 2 is 2.33 bits per heavy atom. The van der Waals surface area contributed by atoms with E-state index in [0.717, 1.165) is 19.3 Å². The van der Waals surface area contributed by atoms with Crippen LogP contribution in [0.1, 0.15) is 19.3 Å². The van der Waals surface area contributed by atoms with Gasteiger partial charge >= 0.3 is 0 Å². The highest BCUT2D eigenvalue weighted by Crippen LogP contribution is 2.04. The molecule has 0 rings (SSSR count). The van der Waals surface area contributed by atoms with Gasteiger partial charge in [0.25, 0.3) is 0 Å². The number of hydrogen-bond donors (Lipinski definition) is 0. The molecule has 53 valence electrons. The zero-order chi connectivity index (χ0) is 7.11. The molecule has 1 atom stereocenters. The molecule has 0 aromatic carbocycles. The average Bonchev–Trinajstić information content (AvgIpc) is 1.88. The normalized spacial score (nSPS) is 13.1. The van der Waals surface area contributed by atoms with E-state index in [9.17, 15) is 0 Å². The lowest BCUT2D eigenvalue weighted by Crippen LogP contribution is -2.07. The van der Waals surface area contributed by atoms with Crippen molar-refractivity contribution < 1.29 is 4.74 Å². The van der Waals surface area contributed by atoms with Gasteiger partial charge in [-0.2, -0.15) is 0 Å². The molecule has 9 heavy (non-hydrogen) atoms. The zero-order valence-corrected chi connectivity index (χ0v) is 6.10. The first-order valence-corrected chi connectivity index (χ1v) is 3.28. The van der Waals surface area contributed by atoms with Gasteiger partial charge in [0.1, 0.15) is 0 Å². The zero-order valence-electron chi connectivity index (χ0n) is 6.10. The summed E-state index contributed by atoms with van der Waals surface area (Å²) in [5, 5.41) is 0. The fourth-order valence-corrected chi connectivity index (χ4v) is 0.745. The molecular formula is C8H15O. The molecular weight excluding hydrogens is 112 g/mol. The van der Waals surface area contributed by atoms with E-state index in [1.54, 1.807) is 7.11 Å². The van der Waals surface area contributed by atoms with Gasteiger partial charge < -0.3 is 4.74 Å². The lowest BCUT2D eigenvalue weighted by atomic mass is 10.1. The maximum absolute atomic E-state index is 5.12. The molecule has 1 heteroatoms. The van der Waals surface area contributed by atoms with Gasteiger partial charge in [0.15, 0.2) is 0 Å². The van der Waals surface area contributed by atoms with E-state index < -0.39 is 0 Å². The Bertz CT molecular complexity index is 69.0. The predicted octanol–water partition coefficient (Wildman–Crippen LogP) is 2.19. The van der Waals surface area contributed by atoms with Crippen LogP contribution >= 0.6 is 0 Å². The van der Waals surface area contributed by atoms with Crippen LogP contribution in [0.25, 0.3) is 0 Å². The van der Waals surface area contributed by atoms with Crippen molar-refractivity contribution >= 4 is 0 Å². The standard InChI is InChI=1S/C8H15O/c1-4-6-8(9-3)7-5-2/h4,8H,1-2,5-7H2,3H3. The van der Waals surface area contributed by atoms with Gasteiger partial charge in [-0.15, -0.1) is 6.58 Å². The van der Waals surface area contributed by atoms with Crippen LogP contribution in [0, 0.1) is 6.92 Å². The Hall–Kier alpha value is -0.300. The van der Waals surface area contributed by atoms with Crippen LogP contribution in [0.2, 0.25) is 0 Å². The SMILES string of the molecule is [CH2]CCC(CC=C)OC. The summed E-state index contributed by atoms with van der Waals surface area (Å²) in [7, 11) is 1.73. The summed E-state index contributed by atoms with van der Waals surface area (Å²) in [4.78, 5) is 0. The first-order chi connectivity index (χ1) is 4.35. The molecule has 1 nitrogen and oxygen atoms in total. The van der Waals surface area contributed by atoms with E-state index in [4.69, 9.17) is 4.74 Å². The van der Waals surface area contributed by atoms with Crippen LogP contribution < -0.4 is 0 Å². The molecule has 0 saturated heterocycles. The highest BCUT2D eigenvalue weighted by molar-refractivity contribution is 4.73. The number of rotatable bonds is 5. The highest BCUT2D eigenvalue weighted by Gasteiger charge is 2.00. The van der Waals surface area contributed by atoms with E-state index in [1.807, 2.05) is 6.08 Å². The minimum absolute atomic E-state index is 0.333. The third kappa shape index (κ3) is 4.22. The van der Waals surface area contributed by atoms with E-state index in [-0.39, 0.29) is 0 Å². The number of methoxy groups -OCH3 is 1. The predicted molar refractivity (Wildman–Crippen MR) is 40.2 cm³/mol. The summed E-state index contributed by atoms with van der Waals surface area (Å²) in [6.45, 7) is 7.37. The first kappa shape index (κ1) is 8.70. The van der Waals surface area contributed by atoms with Crippen molar-refractivity contribution in [2.24, 2.45) is 0 Å². The van der Waals surface area contributed by atoms with Crippen molar-refractivity contribution in [1.29, 1.82) is 0 Å². The molecule has 0 amide bonds. The van der Waals surface area contributed by atoms with Crippen LogP contribution in [0.3, 0.4) is 0 Å². The Labute approximate surface area is 57.7 Å². The van der Waals surface area contributed by atoms with Crippen molar-refractivity contribution in [1.82, 2.24) is 0 Å². The number of ether oxygens (including phenoxy) is 1. The summed E-state index contributed by atoms with van der Waals surface area (Å²) in [6, 6.07) is 0. The summed E-state index contributed by atoms with van der Waals surface area (Å²) >= 11 is 0. The second kappa shape index (κ2) is 5.83. The summed E-state index contributed by atoms with van der Waals surface area (Å²) in [5.74, 6) is 0. The molecule has 0 saturated carbocycles. The van der Waals surface area contributed by atoms with Gasteiger partial charge in [-0.1, -0.05) is 19.4 Å². The summed E-state index contributed by atoms with van der Waals surface area (Å²) < 4.78 is 5.12. The maximum atomic E-state index is 5.12. The Morgan fingerprint density at radius 3 is 2.67 bits per heavy atom. The third-order valence-corrected chi connectivity index (χ3v) is 1.29.